The first-order valence-electron chi connectivity index (χ1n) is 13.7. The van der Waals surface area contributed by atoms with Crippen molar-refractivity contribution >= 4 is 28.9 Å². The number of halogens is 1. The number of methoxy groups -OCH3 is 1. The first-order valence-corrected chi connectivity index (χ1v) is 14.1. The maximum absolute atomic E-state index is 13.8. The Hall–Kier alpha value is -3.22. The quantitative estimate of drug-likeness (QED) is 0.309. The second-order valence-corrected chi connectivity index (χ2v) is 11.1. The standard InChI is InChI=1S/C32H37ClN2O4/c1-21(2)39-30-19-28-23(17-29(30)37-4)18-31(36)35(32(28)22-8-10-24(33)11-9-22)26-14-12-25(13-15-26)34(3)20-27-7-5-6-16-38-27/h8-15,17,19,21,27,32H,5-7,16,18,20H2,1-4H3/t27-,32?/m0/s1. The van der Waals surface area contributed by atoms with E-state index in [9.17, 15) is 4.79 Å². The van der Waals surface area contributed by atoms with Gasteiger partial charge in [-0.15, -0.1) is 0 Å². The fourth-order valence-corrected chi connectivity index (χ4v) is 5.68. The van der Waals surface area contributed by atoms with Gasteiger partial charge in [-0.2, -0.15) is 0 Å². The van der Waals surface area contributed by atoms with Gasteiger partial charge in [0, 0.05) is 36.6 Å². The topological polar surface area (TPSA) is 51.2 Å². The van der Waals surface area contributed by atoms with Crippen LogP contribution in [0.15, 0.2) is 60.7 Å². The largest absolute Gasteiger partial charge is 0.493 e. The summed E-state index contributed by atoms with van der Waals surface area (Å²) in [5.74, 6) is 1.33. The Balaban J connectivity index is 1.51. The lowest BCUT2D eigenvalue weighted by atomic mass is 9.86. The van der Waals surface area contributed by atoms with E-state index in [0.29, 0.717) is 16.5 Å². The van der Waals surface area contributed by atoms with Crippen LogP contribution in [0.2, 0.25) is 5.02 Å². The molecule has 0 aromatic heterocycles. The minimum absolute atomic E-state index is 0.0178. The van der Waals surface area contributed by atoms with Crippen molar-refractivity contribution in [3.8, 4) is 11.5 Å². The van der Waals surface area contributed by atoms with Crippen LogP contribution in [0.3, 0.4) is 0 Å². The molecule has 0 spiro atoms. The number of nitrogens with zero attached hydrogens (tertiary/aromatic N) is 2. The Morgan fingerprint density at radius 2 is 1.79 bits per heavy atom. The van der Waals surface area contributed by atoms with Crippen LogP contribution in [0, 0.1) is 0 Å². The minimum Gasteiger partial charge on any atom is -0.493 e. The predicted octanol–water partition coefficient (Wildman–Crippen LogP) is 6.82. The van der Waals surface area contributed by atoms with Gasteiger partial charge in [0.2, 0.25) is 5.91 Å². The summed E-state index contributed by atoms with van der Waals surface area (Å²) in [6, 6.07) is 19.6. The molecule has 2 aliphatic rings. The molecule has 0 bridgehead atoms. The molecule has 3 aromatic rings. The molecule has 3 aromatic carbocycles. The summed E-state index contributed by atoms with van der Waals surface area (Å²) in [5.41, 5.74) is 4.87. The number of hydrogen-bond acceptors (Lipinski definition) is 5. The number of benzene rings is 3. The van der Waals surface area contributed by atoms with Crippen LogP contribution in [0.5, 0.6) is 11.5 Å². The first kappa shape index (κ1) is 27.4. The van der Waals surface area contributed by atoms with Gasteiger partial charge in [-0.1, -0.05) is 23.7 Å². The number of amides is 1. The number of hydrogen-bond donors (Lipinski definition) is 0. The van der Waals surface area contributed by atoms with Crippen LogP contribution in [0.1, 0.15) is 55.8 Å². The molecule has 5 rings (SSSR count). The Bertz CT molecular complexity index is 1290. The lowest BCUT2D eigenvalue weighted by molar-refractivity contribution is -0.118. The van der Waals surface area contributed by atoms with Crippen molar-refractivity contribution in [2.45, 2.75) is 57.8 Å². The molecule has 1 amide bonds. The van der Waals surface area contributed by atoms with Gasteiger partial charge < -0.3 is 24.0 Å². The van der Waals surface area contributed by atoms with Crippen LogP contribution in [0.4, 0.5) is 11.4 Å². The van der Waals surface area contributed by atoms with Crippen molar-refractivity contribution in [2.75, 3.05) is 37.1 Å². The van der Waals surface area contributed by atoms with Gasteiger partial charge in [0.25, 0.3) is 0 Å². The molecule has 0 aliphatic carbocycles. The van der Waals surface area contributed by atoms with E-state index in [1.54, 1.807) is 7.11 Å². The third kappa shape index (κ3) is 6.02. The van der Waals surface area contributed by atoms with Gasteiger partial charge in [0.1, 0.15) is 0 Å². The Morgan fingerprint density at radius 1 is 1.05 bits per heavy atom. The van der Waals surface area contributed by atoms with Gasteiger partial charge in [-0.3, -0.25) is 4.79 Å². The second kappa shape index (κ2) is 11.9. The van der Waals surface area contributed by atoms with Crippen LogP contribution < -0.4 is 19.3 Å². The molecule has 1 fully saturated rings. The number of rotatable bonds is 8. The van der Waals surface area contributed by atoms with E-state index in [-0.39, 0.29) is 30.6 Å². The van der Waals surface area contributed by atoms with Crippen LogP contribution >= 0.6 is 11.6 Å². The monoisotopic (exact) mass is 548 g/mol. The molecule has 206 valence electrons. The number of fused-ring (bicyclic) bond motifs is 1. The van der Waals surface area contributed by atoms with Gasteiger partial charge in [-0.05, 0) is 98.3 Å². The van der Waals surface area contributed by atoms with Crippen molar-refractivity contribution in [1.29, 1.82) is 0 Å². The van der Waals surface area contributed by atoms with E-state index in [0.717, 1.165) is 54.1 Å². The first-order chi connectivity index (χ1) is 18.8. The van der Waals surface area contributed by atoms with E-state index in [4.69, 9.17) is 25.8 Å². The highest BCUT2D eigenvalue weighted by molar-refractivity contribution is 6.30. The molecule has 2 atom stereocenters. The molecule has 2 aliphatic heterocycles. The number of carbonyl (C=O) groups is 1. The highest BCUT2D eigenvalue weighted by atomic mass is 35.5. The zero-order valence-corrected chi connectivity index (χ0v) is 23.9. The molecule has 1 unspecified atom stereocenters. The van der Waals surface area contributed by atoms with E-state index >= 15 is 0 Å². The average molecular weight is 549 g/mol. The Labute approximate surface area is 236 Å². The summed E-state index contributed by atoms with van der Waals surface area (Å²) in [7, 11) is 3.72. The molecular weight excluding hydrogens is 512 g/mol. The van der Waals surface area contributed by atoms with Crippen LogP contribution in [-0.4, -0.2) is 45.4 Å². The van der Waals surface area contributed by atoms with Crippen molar-refractivity contribution in [1.82, 2.24) is 0 Å². The van der Waals surface area contributed by atoms with Crippen molar-refractivity contribution in [3.05, 3.63) is 82.4 Å². The number of anilines is 2. The molecule has 0 radical (unpaired) electrons. The van der Waals surface area contributed by atoms with E-state index in [2.05, 4.69) is 24.1 Å². The maximum Gasteiger partial charge on any atom is 0.232 e. The van der Waals surface area contributed by atoms with Gasteiger partial charge in [0.05, 0.1) is 31.8 Å². The highest BCUT2D eigenvalue weighted by Crippen LogP contribution is 2.44. The molecule has 6 nitrogen and oxygen atoms in total. The SMILES string of the molecule is COc1cc2c(cc1OC(C)C)C(c1ccc(Cl)cc1)N(c1ccc(N(C)C[C@@H]3CCCCO3)cc1)C(=O)C2. The molecule has 0 N–H and O–H groups in total. The summed E-state index contributed by atoms with van der Waals surface area (Å²) in [6.07, 6.45) is 3.98. The maximum atomic E-state index is 13.8. The smallest absolute Gasteiger partial charge is 0.232 e. The fourth-order valence-electron chi connectivity index (χ4n) is 5.56. The zero-order valence-electron chi connectivity index (χ0n) is 23.2. The summed E-state index contributed by atoms with van der Waals surface area (Å²) in [4.78, 5) is 17.9. The van der Waals surface area contributed by atoms with Gasteiger partial charge >= 0.3 is 0 Å². The van der Waals surface area contributed by atoms with Crippen molar-refractivity contribution in [3.63, 3.8) is 0 Å². The minimum atomic E-state index is -0.335. The fraction of sp³-hybridized carbons (Fsp3) is 0.406. The number of ether oxygens (including phenoxy) is 3. The second-order valence-electron chi connectivity index (χ2n) is 10.6. The summed E-state index contributed by atoms with van der Waals surface area (Å²) < 4.78 is 17.7. The van der Waals surface area contributed by atoms with Crippen LogP contribution in [-0.2, 0) is 16.0 Å². The molecule has 1 saturated heterocycles. The van der Waals surface area contributed by atoms with Gasteiger partial charge in [-0.25, -0.2) is 0 Å². The molecule has 2 heterocycles. The zero-order chi connectivity index (χ0) is 27.5. The highest BCUT2D eigenvalue weighted by Gasteiger charge is 2.36. The predicted molar refractivity (Wildman–Crippen MR) is 157 cm³/mol. The molecule has 39 heavy (non-hydrogen) atoms. The normalized spacial score (nSPS) is 19.1. The molecule has 0 saturated carbocycles. The van der Waals surface area contributed by atoms with Crippen LogP contribution in [0.25, 0.3) is 0 Å². The molecular formula is C32H37ClN2O4. The van der Waals surface area contributed by atoms with E-state index in [1.165, 1.54) is 6.42 Å². The summed E-state index contributed by atoms with van der Waals surface area (Å²) in [6.45, 7) is 5.68. The van der Waals surface area contributed by atoms with Gasteiger partial charge in [0.15, 0.2) is 11.5 Å². The Kier molecular flexibility index (Phi) is 8.34. The number of likely N-dealkylation sites (N-methyl/N-ethyl adjacent to an activating group) is 1. The average Bonchev–Trinajstić information content (AvgIpc) is 2.93. The lowest BCUT2D eigenvalue weighted by Crippen LogP contribution is -2.41. The molecule has 7 heteroatoms. The lowest BCUT2D eigenvalue weighted by Gasteiger charge is -2.38. The van der Waals surface area contributed by atoms with E-state index < -0.39 is 0 Å². The summed E-state index contributed by atoms with van der Waals surface area (Å²) in [5, 5.41) is 0.653. The third-order valence-corrected chi connectivity index (χ3v) is 7.71. The third-order valence-electron chi connectivity index (χ3n) is 7.46. The number of carbonyl (C=O) groups excluding carboxylic acids is 1. The van der Waals surface area contributed by atoms with Crippen molar-refractivity contribution in [2.24, 2.45) is 0 Å². The summed E-state index contributed by atoms with van der Waals surface area (Å²) >= 11 is 6.24. The van der Waals surface area contributed by atoms with Crippen molar-refractivity contribution < 1.29 is 19.0 Å². The van der Waals surface area contributed by atoms with E-state index in [1.807, 2.05) is 67.3 Å². The Morgan fingerprint density at radius 3 is 2.44 bits per heavy atom.